The molecule has 0 spiro atoms. The van der Waals surface area contributed by atoms with Gasteiger partial charge in [-0.1, -0.05) is 0 Å². The molecule has 2 N–H and O–H groups in total. The van der Waals surface area contributed by atoms with Gasteiger partial charge in [0.05, 0.1) is 38.1 Å². The van der Waals surface area contributed by atoms with Gasteiger partial charge in [-0.15, -0.1) is 0 Å². The van der Waals surface area contributed by atoms with E-state index in [1.54, 1.807) is 36.5 Å². The summed E-state index contributed by atoms with van der Waals surface area (Å²) in [5.74, 6) is 0.941. The lowest BCUT2D eigenvalue weighted by Gasteiger charge is -2.14. The molecule has 3 aromatic rings. The molecule has 1 amide bonds. The maximum Gasteiger partial charge on any atom is 0.261 e. The third kappa shape index (κ3) is 5.80. The van der Waals surface area contributed by atoms with Crippen LogP contribution in [-0.2, 0) is 14.8 Å². The molecule has 0 aliphatic carbocycles. The Hall–Kier alpha value is -4.05. The average Bonchev–Trinajstić information content (AvgIpc) is 2.82. The van der Waals surface area contributed by atoms with Crippen molar-refractivity contribution in [2.75, 3.05) is 31.4 Å². The first-order chi connectivity index (χ1) is 15.9. The number of rotatable bonds is 9. The fraction of sp³-hybridized carbons (Fsp3) is 0.130. The molecule has 2 aromatic carbocycles. The zero-order chi connectivity index (χ0) is 23.8. The molecule has 1 heterocycles. The van der Waals surface area contributed by atoms with Gasteiger partial charge in [-0.25, -0.2) is 8.42 Å². The Bertz CT molecular complexity index is 1240. The van der Waals surface area contributed by atoms with Gasteiger partial charge in [0.1, 0.15) is 0 Å². The SMILES string of the molecule is COc1ccc(/C=C/C(=O)Nc2ccc(S(=O)(=O)Nc3cccnc3)cc2)c(OC)c1OC. The van der Waals surface area contributed by atoms with Gasteiger partial charge in [-0.2, -0.15) is 0 Å². The number of benzene rings is 2. The summed E-state index contributed by atoms with van der Waals surface area (Å²) in [4.78, 5) is 16.3. The molecule has 0 aliphatic rings. The highest BCUT2D eigenvalue weighted by Gasteiger charge is 2.15. The fourth-order valence-corrected chi connectivity index (χ4v) is 4.00. The van der Waals surface area contributed by atoms with E-state index in [1.165, 1.54) is 57.9 Å². The highest BCUT2D eigenvalue weighted by molar-refractivity contribution is 7.92. The third-order valence-electron chi connectivity index (χ3n) is 4.49. The lowest BCUT2D eigenvalue weighted by molar-refractivity contribution is -0.111. The average molecular weight is 470 g/mol. The van der Waals surface area contributed by atoms with Gasteiger partial charge < -0.3 is 19.5 Å². The van der Waals surface area contributed by atoms with E-state index in [0.29, 0.717) is 34.2 Å². The molecule has 0 unspecified atom stereocenters. The summed E-state index contributed by atoms with van der Waals surface area (Å²) < 4.78 is 43.4. The minimum absolute atomic E-state index is 0.0509. The first kappa shape index (κ1) is 23.6. The predicted molar refractivity (Wildman–Crippen MR) is 125 cm³/mol. The van der Waals surface area contributed by atoms with Crippen molar-refractivity contribution in [3.05, 3.63) is 72.6 Å². The number of sulfonamides is 1. The van der Waals surface area contributed by atoms with Crippen molar-refractivity contribution in [3.8, 4) is 17.2 Å². The van der Waals surface area contributed by atoms with Gasteiger partial charge in [0, 0.05) is 23.5 Å². The van der Waals surface area contributed by atoms with E-state index in [9.17, 15) is 13.2 Å². The number of hydrogen-bond donors (Lipinski definition) is 2. The number of hydrogen-bond acceptors (Lipinski definition) is 7. The lowest BCUT2D eigenvalue weighted by atomic mass is 10.1. The molecule has 172 valence electrons. The number of ether oxygens (including phenoxy) is 3. The largest absolute Gasteiger partial charge is 0.493 e. The summed E-state index contributed by atoms with van der Waals surface area (Å²) in [6.07, 6.45) is 5.86. The van der Waals surface area contributed by atoms with Gasteiger partial charge in [0.2, 0.25) is 11.7 Å². The summed E-state index contributed by atoms with van der Waals surface area (Å²) in [5, 5.41) is 2.68. The maximum atomic E-state index is 12.5. The molecular formula is C23H23N3O6S. The number of methoxy groups -OCH3 is 3. The molecule has 0 saturated carbocycles. The smallest absolute Gasteiger partial charge is 0.261 e. The highest BCUT2D eigenvalue weighted by Crippen LogP contribution is 2.40. The van der Waals surface area contributed by atoms with E-state index in [4.69, 9.17) is 14.2 Å². The zero-order valence-electron chi connectivity index (χ0n) is 18.2. The number of aromatic nitrogens is 1. The van der Waals surface area contributed by atoms with Crippen molar-refractivity contribution in [1.29, 1.82) is 0 Å². The molecule has 1 aromatic heterocycles. The van der Waals surface area contributed by atoms with Crippen LogP contribution in [0, 0.1) is 0 Å². The summed E-state index contributed by atoms with van der Waals surface area (Å²) in [5.41, 5.74) is 1.41. The van der Waals surface area contributed by atoms with Gasteiger partial charge >= 0.3 is 0 Å². The van der Waals surface area contributed by atoms with Gasteiger partial charge in [0.25, 0.3) is 10.0 Å². The molecule has 0 atom stereocenters. The Kier molecular flexibility index (Phi) is 7.52. The number of nitrogens with one attached hydrogen (secondary N) is 2. The van der Waals surface area contributed by atoms with E-state index < -0.39 is 15.9 Å². The summed E-state index contributed by atoms with van der Waals surface area (Å²) >= 11 is 0. The van der Waals surface area contributed by atoms with E-state index in [1.807, 2.05) is 0 Å². The molecule has 33 heavy (non-hydrogen) atoms. The molecule has 3 rings (SSSR count). The van der Waals surface area contributed by atoms with Crippen LogP contribution < -0.4 is 24.2 Å². The Morgan fingerprint density at radius 3 is 2.24 bits per heavy atom. The lowest BCUT2D eigenvalue weighted by Crippen LogP contribution is -2.13. The predicted octanol–water partition coefficient (Wildman–Crippen LogP) is 3.56. The number of anilines is 2. The fourth-order valence-electron chi connectivity index (χ4n) is 2.96. The van der Waals surface area contributed by atoms with Crippen LogP contribution in [0.2, 0.25) is 0 Å². The minimum Gasteiger partial charge on any atom is -0.493 e. The number of pyridine rings is 1. The molecule has 9 nitrogen and oxygen atoms in total. The molecule has 0 saturated heterocycles. The Morgan fingerprint density at radius 1 is 0.909 bits per heavy atom. The third-order valence-corrected chi connectivity index (χ3v) is 5.89. The summed E-state index contributed by atoms with van der Waals surface area (Å²) in [7, 11) is 0.732. The Morgan fingerprint density at radius 2 is 1.64 bits per heavy atom. The van der Waals surface area contributed by atoms with E-state index in [-0.39, 0.29) is 4.90 Å². The highest BCUT2D eigenvalue weighted by atomic mass is 32.2. The second kappa shape index (κ2) is 10.5. The maximum absolute atomic E-state index is 12.5. The second-order valence-electron chi connectivity index (χ2n) is 6.62. The standard InChI is InChI=1S/C23H23N3O6S/c1-30-20-12-6-16(22(31-2)23(20)32-3)7-13-21(27)25-17-8-10-19(11-9-17)33(28,29)26-18-5-4-14-24-15-18/h4-15,26H,1-3H3,(H,25,27)/b13-7+. The van der Waals surface area contributed by atoms with Gasteiger partial charge in [-0.3, -0.25) is 14.5 Å². The molecular weight excluding hydrogens is 446 g/mol. The molecule has 0 aliphatic heterocycles. The first-order valence-electron chi connectivity index (χ1n) is 9.69. The number of nitrogens with zero attached hydrogens (tertiary/aromatic N) is 1. The molecule has 0 radical (unpaired) electrons. The van der Waals surface area contributed by atoms with Crippen LogP contribution in [0.15, 0.2) is 71.9 Å². The monoisotopic (exact) mass is 469 g/mol. The molecule has 0 bridgehead atoms. The minimum atomic E-state index is -3.78. The quantitative estimate of drug-likeness (QED) is 0.460. The zero-order valence-corrected chi connectivity index (χ0v) is 19.0. The number of carbonyl (C=O) groups is 1. The van der Waals surface area contributed by atoms with E-state index in [0.717, 1.165) is 0 Å². The first-order valence-corrected chi connectivity index (χ1v) is 11.2. The van der Waals surface area contributed by atoms with Crippen molar-refractivity contribution in [2.24, 2.45) is 0 Å². The van der Waals surface area contributed by atoms with Crippen LogP contribution in [0.1, 0.15) is 5.56 Å². The van der Waals surface area contributed by atoms with Crippen molar-refractivity contribution in [2.45, 2.75) is 4.90 Å². The molecule has 10 heteroatoms. The van der Waals surface area contributed by atoms with Crippen molar-refractivity contribution >= 4 is 33.4 Å². The van der Waals surface area contributed by atoms with Crippen LogP contribution in [0.4, 0.5) is 11.4 Å². The summed E-state index contributed by atoms with van der Waals surface area (Å²) in [6.45, 7) is 0. The van der Waals surface area contributed by atoms with Crippen LogP contribution >= 0.6 is 0 Å². The van der Waals surface area contributed by atoms with Crippen LogP contribution in [0.3, 0.4) is 0 Å². The topological polar surface area (TPSA) is 116 Å². The van der Waals surface area contributed by atoms with Crippen molar-refractivity contribution in [1.82, 2.24) is 4.98 Å². The normalized spacial score (nSPS) is 11.1. The molecule has 0 fully saturated rings. The van der Waals surface area contributed by atoms with Crippen LogP contribution in [0.5, 0.6) is 17.2 Å². The van der Waals surface area contributed by atoms with Crippen molar-refractivity contribution < 1.29 is 27.4 Å². The Balaban J connectivity index is 1.70. The summed E-state index contributed by atoms with van der Waals surface area (Å²) in [6, 6.07) is 12.5. The Labute approximate surface area is 192 Å². The van der Waals surface area contributed by atoms with Crippen molar-refractivity contribution in [3.63, 3.8) is 0 Å². The van der Waals surface area contributed by atoms with Crippen LogP contribution in [0.25, 0.3) is 6.08 Å². The van der Waals surface area contributed by atoms with Crippen LogP contribution in [-0.4, -0.2) is 40.6 Å². The van der Waals surface area contributed by atoms with Gasteiger partial charge in [0.15, 0.2) is 11.5 Å². The number of amides is 1. The van der Waals surface area contributed by atoms with E-state index in [2.05, 4.69) is 15.0 Å². The second-order valence-corrected chi connectivity index (χ2v) is 8.30. The van der Waals surface area contributed by atoms with E-state index >= 15 is 0 Å². The van der Waals surface area contributed by atoms with Gasteiger partial charge in [-0.05, 0) is 54.6 Å². The number of carbonyl (C=O) groups excluding carboxylic acids is 1.